The molecular formula is C32H43BBrClN4O2. The van der Waals surface area contributed by atoms with Crippen molar-refractivity contribution in [3.8, 4) is 0 Å². The summed E-state index contributed by atoms with van der Waals surface area (Å²) in [6.07, 6.45) is 11.3. The Morgan fingerprint density at radius 1 is 1.00 bits per heavy atom. The number of rotatable bonds is 5. The summed E-state index contributed by atoms with van der Waals surface area (Å²) in [5.41, 5.74) is 5.23. The molecule has 0 radical (unpaired) electrons. The minimum Gasteiger partial charge on any atom is -0.437 e. The van der Waals surface area contributed by atoms with E-state index in [0.29, 0.717) is 24.2 Å². The Bertz CT molecular complexity index is 1220. The van der Waals surface area contributed by atoms with Crippen LogP contribution in [-0.2, 0) is 17.6 Å². The van der Waals surface area contributed by atoms with E-state index >= 15 is 0 Å². The van der Waals surface area contributed by atoms with Crippen LogP contribution in [0, 0.1) is 17.8 Å². The molecule has 1 atom stereocenters. The van der Waals surface area contributed by atoms with E-state index in [1.807, 2.05) is 19.1 Å². The molecule has 1 unspecified atom stereocenters. The molecule has 4 aliphatic rings. The largest absolute Gasteiger partial charge is 0.437 e. The van der Waals surface area contributed by atoms with Crippen LogP contribution < -0.4 is 0 Å². The molecule has 1 amide bonds. The van der Waals surface area contributed by atoms with E-state index in [2.05, 4.69) is 48.7 Å². The number of pyridine rings is 1. The predicted molar refractivity (Wildman–Crippen MR) is 169 cm³/mol. The van der Waals surface area contributed by atoms with Crippen LogP contribution in [0.3, 0.4) is 0 Å². The normalized spacial score (nSPS) is 23.6. The number of hydrogen-bond acceptors (Lipinski definition) is 5. The number of fused-ring (bicyclic) bond motifs is 2. The molecule has 4 heterocycles. The summed E-state index contributed by atoms with van der Waals surface area (Å²) in [5.74, 6) is 2.25. The molecule has 0 saturated carbocycles. The Labute approximate surface area is 259 Å². The maximum Gasteiger partial charge on any atom is 0.376 e. The topological polar surface area (TPSA) is 59.9 Å². The zero-order valence-electron chi connectivity index (χ0n) is 24.3. The lowest BCUT2D eigenvalue weighted by atomic mass is 9.78. The highest BCUT2D eigenvalue weighted by Gasteiger charge is 2.37. The number of likely N-dealkylation sites (tertiary alicyclic amines) is 2. The summed E-state index contributed by atoms with van der Waals surface area (Å²) >= 11 is 10.4. The number of aryl methyl sites for hydroxylation is 2. The number of halogens is 2. The molecule has 1 N–H and O–H groups in total. The molecule has 41 heavy (non-hydrogen) atoms. The Hall–Kier alpha value is -1.45. The first kappa shape index (κ1) is 29.6. The van der Waals surface area contributed by atoms with Gasteiger partial charge in [0.25, 0.3) is 0 Å². The maximum atomic E-state index is 13.1. The van der Waals surface area contributed by atoms with Crippen molar-refractivity contribution in [1.82, 2.24) is 19.6 Å². The summed E-state index contributed by atoms with van der Waals surface area (Å²) in [5, 5.41) is 10.6. The third-order valence-electron chi connectivity index (χ3n) is 10.4. The molecule has 0 spiro atoms. The van der Waals surface area contributed by atoms with Crippen LogP contribution in [0.1, 0.15) is 73.4 Å². The van der Waals surface area contributed by atoms with Gasteiger partial charge in [-0.25, -0.2) is 0 Å². The number of amides is 1. The van der Waals surface area contributed by atoms with E-state index in [4.69, 9.17) is 16.6 Å². The van der Waals surface area contributed by atoms with Gasteiger partial charge in [-0.2, -0.15) is 0 Å². The van der Waals surface area contributed by atoms with Crippen LogP contribution in [0.4, 0.5) is 0 Å². The molecule has 220 valence electrons. The van der Waals surface area contributed by atoms with Crippen LogP contribution >= 0.6 is 27.5 Å². The van der Waals surface area contributed by atoms with Crippen LogP contribution in [0.25, 0.3) is 0 Å². The molecule has 3 fully saturated rings. The molecule has 0 bridgehead atoms. The van der Waals surface area contributed by atoms with Crippen molar-refractivity contribution >= 4 is 40.5 Å². The van der Waals surface area contributed by atoms with Gasteiger partial charge < -0.3 is 14.7 Å². The van der Waals surface area contributed by atoms with Gasteiger partial charge >= 0.3 is 7.05 Å². The summed E-state index contributed by atoms with van der Waals surface area (Å²) in [7, 11) is -0.381. The third-order valence-corrected chi connectivity index (χ3v) is 11.3. The SMILES string of the molecule is CB(O)N1CCC(CC(=O)N2CCC(C3CCN(C4c5ncccc5CCc5cc(Cl)cc(Br)c54)CC3)CC2)CC1. The summed E-state index contributed by atoms with van der Waals surface area (Å²) in [6, 6.07) is 8.67. The lowest BCUT2D eigenvalue weighted by Gasteiger charge is -2.43. The number of piperidine rings is 3. The molecule has 1 aromatic carbocycles. The second kappa shape index (κ2) is 13.0. The minimum atomic E-state index is -0.381. The number of carbonyl (C=O) groups is 1. The Morgan fingerprint density at radius 2 is 1.66 bits per heavy atom. The molecule has 3 saturated heterocycles. The number of benzene rings is 1. The Balaban J connectivity index is 1.05. The predicted octanol–water partition coefficient (Wildman–Crippen LogP) is 5.85. The minimum absolute atomic E-state index is 0.156. The van der Waals surface area contributed by atoms with Gasteiger partial charge in [-0.3, -0.25) is 14.7 Å². The van der Waals surface area contributed by atoms with Gasteiger partial charge in [0.05, 0.1) is 11.7 Å². The Morgan fingerprint density at radius 3 is 2.34 bits per heavy atom. The van der Waals surface area contributed by atoms with Crippen molar-refractivity contribution in [3.63, 3.8) is 0 Å². The van der Waals surface area contributed by atoms with Gasteiger partial charge in [-0.05, 0) is 137 Å². The van der Waals surface area contributed by atoms with Crippen LogP contribution in [0.2, 0.25) is 11.8 Å². The summed E-state index contributed by atoms with van der Waals surface area (Å²) in [4.78, 5) is 24.9. The number of aromatic nitrogens is 1. The zero-order valence-corrected chi connectivity index (χ0v) is 26.6. The van der Waals surface area contributed by atoms with Crippen molar-refractivity contribution in [2.45, 2.75) is 70.7 Å². The van der Waals surface area contributed by atoms with E-state index in [1.54, 1.807) is 0 Å². The molecule has 2 aromatic rings. The average molecular weight is 642 g/mol. The first-order valence-electron chi connectivity index (χ1n) is 15.7. The van der Waals surface area contributed by atoms with Crippen LogP contribution in [0.15, 0.2) is 34.9 Å². The quantitative estimate of drug-likeness (QED) is 0.416. The fourth-order valence-corrected chi connectivity index (χ4v) is 9.09. The fraction of sp³-hybridized carbons (Fsp3) is 0.625. The second-order valence-corrected chi connectivity index (χ2v) is 14.1. The summed E-state index contributed by atoms with van der Waals surface area (Å²) in [6.45, 7) is 7.61. The molecular weight excluding hydrogens is 599 g/mol. The standard InChI is InChI=1S/C32H43BBrClN4O2/c1-33(41)39-17-6-22(7-18-39)19-29(40)37-13-8-23(9-14-37)24-10-15-38(16-11-24)32-30-26(20-27(35)21-28(30)34)5-4-25-3-2-12-36-31(25)32/h2-3,12,20-24,32,41H,4-11,13-19H2,1H3. The second-order valence-electron chi connectivity index (χ2n) is 12.8. The molecule has 3 aliphatic heterocycles. The molecule has 9 heteroatoms. The van der Waals surface area contributed by atoms with Gasteiger partial charge in [-0.15, -0.1) is 0 Å². The van der Waals surface area contributed by atoms with E-state index in [0.717, 1.165) is 93.2 Å². The lowest BCUT2D eigenvalue weighted by Crippen LogP contribution is -2.45. The number of carbonyl (C=O) groups excluding carboxylic acids is 1. The van der Waals surface area contributed by atoms with E-state index in [9.17, 15) is 9.82 Å². The van der Waals surface area contributed by atoms with Gasteiger partial charge in [0, 0.05) is 35.2 Å². The van der Waals surface area contributed by atoms with Crippen molar-refractivity contribution in [1.29, 1.82) is 0 Å². The maximum absolute atomic E-state index is 13.1. The van der Waals surface area contributed by atoms with Crippen LogP contribution in [0.5, 0.6) is 0 Å². The molecule has 1 aromatic heterocycles. The van der Waals surface area contributed by atoms with E-state index in [1.165, 1.54) is 35.2 Å². The fourth-order valence-electron chi connectivity index (χ4n) is 8.00. The highest BCUT2D eigenvalue weighted by Crippen LogP contribution is 2.43. The molecule has 1 aliphatic carbocycles. The molecule has 6 rings (SSSR count). The first-order chi connectivity index (χ1) is 19.9. The smallest absolute Gasteiger partial charge is 0.376 e. The van der Waals surface area contributed by atoms with Crippen molar-refractivity contribution in [2.24, 2.45) is 17.8 Å². The van der Waals surface area contributed by atoms with Gasteiger partial charge in [-0.1, -0.05) is 33.6 Å². The van der Waals surface area contributed by atoms with E-state index < -0.39 is 0 Å². The Kier molecular flexibility index (Phi) is 9.43. The number of nitrogens with zero attached hydrogens (tertiary/aromatic N) is 4. The van der Waals surface area contributed by atoms with Crippen molar-refractivity contribution in [3.05, 3.63) is 62.3 Å². The number of hydrogen-bond donors (Lipinski definition) is 1. The van der Waals surface area contributed by atoms with E-state index in [-0.39, 0.29) is 13.1 Å². The summed E-state index contributed by atoms with van der Waals surface area (Å²) < 4.78 is 1.09. The third kappa shape index (κ3) is 6.57. The lowest BCUT2D eigenvalue weighted by molar-refractivity contribution is -0.134. The highest BCUT2D eigenvalue weighted by molar-refractivity contribution is 9.10. The van der Waals surface area contributed by atoms with Gasteiger partial charge in [0.1, 0.15) is 0 Å². The first-order valence-corrected chi connectivity index (χ1v) is 16.9. The van der Waals surface area contributed by atoms with Crippen molar-refractivity contribution in [2.75, 3.05) is 39.3 Å². The van der Waals surface area contributed by atoms with Gasteiger partial charge in [0.15, 0.2) is 0 Å². The molecule has 6 nitrogen and oxygen atoms in total. The van der Waals surface area contributed by atoms with Crippen LogP contribution in [-0.4, -0.2) is 76.8 Å². The highest BCUT2D eigenvalue weighted by atomic mass is 79.9. The van der Waals surface area contributed by atoms with Crippen molar-refractivity contribution < 1.29 is 9.82 Å². The zero-order chi connectivity index (χ0) is 28.5. The monoisotopic (exact) mass is 640 g/mol. The van der Waals surface area contributed by atoms with Gasteiger partial charge in [0.2, 0.25) is 5.91 Å². The average Bonchev–Trinajstić information content (AvgIpc) is 3.15.